The Kier molecular flexibility index (Phi) is 14.1. The molecule has 3 amide bonds. The number of anilines is 2. The van der Waals surface area contributed by atoms with Crippen molar-refractivity contribution in [2.75, 3.05) is 51.1 Å². The van der Waals surface area contributed by atoms with E-state index in [2.05, 4.69) is 10.6 Å². The highest BCUT2D eigenvalue weighted by atomic mass is 32.2. The van der Waals surface area contributed by atoms with E-state index in [1.807, 2.05) is 13.8 Å². The average Bonchev–Trinajstić information content (AvgIpc) is 3.12. The molecule has 1 aliphatic rings. The highest BCUT2D eigenvalue weighted by molar-refractivity contribution is 7.89. The minimum Gasteiger partial charge on any atom is -0.497 e. The van der Waals surface area contributed by atoms with Crippen LogP contribution in [0.2, 0.25) is 0 Å². The third-order valence-corrected chi connectivity index (χ3v) is 10.8. The molecule has 0 saturated carbocycles. The number of halogens is 3. The molecule has 290 valence electrons. The maximum atomic E-state index is 14.4. The van der Waals surface area contributed by atoms with E-state index in [4.69, 9.17) is 14.2 Å². The van der Waals surface area contributed by atoms with Crippen LogP contribution in [0.25, 0.3) is 0 Å². The second-order valence-electron chi connectivity index (χ2n) is 13.1. The first kappa shape index (κ1) is 41.4. The first-order valence-corrected chi connectivity index (χ1v) is 18.7. The number of sulfonamides is 1. The zero-order valence-electron chi connectivity index (χ0n) is 30.4. The van der Waals surface area contributed by atoms with E-state index >= 15 is 0 Å². The van der Waals surface area contributed by atoms with Crippen LogP contribution in [0, 0.1) is 5.92 Å². The van der Waals surface area contributed by atoms with Gasteiger partial charge in [0.15, 0.2) is 0 Å². The monoisotopic (exact) mass is 764 g/mol. The molecule has 12 nitrogen and oxygen atoms in total. The highest BCUT2D eigenvalue weighted by Crippen LogP contribution is 2.31. The van der Waals surface area contributed by atoms with Crippen molar-refractivity contribution >= 4 is 33.3 Å². The van der Waals surface area contributed by atoms with Gasteiger partial charge >= 0.3 is 12.2 Å². The number of alkyl halides is 3. The van der Waals surface area contributed by atoms with Crippen molar-refractivity contribution in [1.29, 1.82) is 0 Å². The molecule has 4 atom stereocenters. The van der Waals surface area contributed by atoms with Crippen molar-refractivity contribution < 1.29 is 50.5 Å². The van der Waals surface area contributed by atoms with Gasteiger partial charge in [0.25, 0.3) is 5.91 Å². The Balaban J connectivity index is 1.60. The summed E-state index contributed by atoms with van der Waals surface area (Å²) in [6.07, 6.45) is -3.45. The van der Waals surface area contributed by atoms with E-state index in [-0.39, 0.29) is 53.4 Å². The van der Waals surface area contributed by atoms with Crippen LogP contribution in [0.1, 0.15) is 56.0 Å². The van der Waals surface area contributed by atoms with Crippen LogP contribution < -0.4 is 20.1 Å². The maximum Gasteiger partial charge on any atom is 0.416 e. The Morgan fingerprint density at radius 3 is 2.30 bits per heavy atom. The number of aliphatic hydroxyl groups excluding tert-OH is 1. The second kappa shape index (κ2) is 18.1. The van der Waals surface area contributed by atoms with Crippen LogP contribution in [0.3, 0.4) is 0 Å². The van der Waals surface area contributed by atoms with E-state index in [1.165, 1.54) is 41.6 Å². The van der Waals surface area contributed by atoms with Crippen LogP contribution in [-0.2, 0) is 20.9 Å². The quantitative estimate of drug-likeness (QED) is 0.225. The molecule has 3 aromatic rings. The normalized spacial score (nSPS) is 19.8. The number of hydrogen-bond donors (Lipinski definition) is 3. The van der Waals surface area contributed by atoms with Crippen LogP contribution in [0.5, 0.6) is 11.5 Å². The molecule has 4 rings (SSSR count). The molecular weight excluding hydrogens is 717 g/mol. The van der Waals surface area contributed by atoms with Gasteiger partial charge in [0, 0.05) is 44.0 Å². The molecule has 3 N–H and O–H groups in total. The minimum absolute atomic E-state index is 0.0106. The number of nitrogens with zero attached hydrogens (tertiary/aromatic N) is 2. The molecule has 0 aliphatic carbocycles. The lowest BCUT2D eigenvalue weighted by molar-refractivity contribution is -0.137. The van der Waals surface area contributed by atoms with Crippen molar-refractivity contribution in [1.82, 2.24) is 9.21 Å². The lowest BCUT2D eigenvalue weighted by Gasteiger charge is -2.35. The van der Waals surface area contributed by atoms with Gasteiger partial charge in [-0.3, -0.25) is 4.79 Å². The SMILES string of the molecule is COc1ccc(S(=O)(=O)N(C)C[C@H]2OCCCC[C@@H](C)Oc3ccc(NC(=O)Nc4ccc(C(F)(F)F)cc4)cc3C(=O)N([C@H](C)CO)C[C@H]2C)cc1. The lowest BCUT2D eigenvalue weighted by Crippen LogP contribution is -2.48. The van der Waals surface area contributed by atoms with Gasteiger partial charge in [-0.15, -0.1) is 0 Å². The molecule has 1 heterocycles. The standard InChI is InChI=1S/C37H47F3N4O8S/c1-24-21-44(25(2)23-45)35(46)32-20-29(42-36(47)41-28-11-9-27(10-12-28)37(38,39)40)13-18-33(32)52-26(3)8-6-7-19-51-34(24)22-43(4)53(48,49)31-16-14-30(50-5)15-17-31/h9-18,20,24-26,34,45H,6-8,19,21-23H2,1-5H3,(H2,41,42,47)/t24-,25-,26-,34-/m1/s1. The van der Waals surface area contributed by atoms with Crippen LogP contribution >= 0.6 is 0 Å². The molecule has 0 radical (unpaired) electrons. The number of urea groups is 1. The number of amides is 3. The zero-order chi connectivity index (χ0) is 38.9. The number of carbonyl (C=O) groups is 2. The molecule has 1 aliphatic heterocycles. The Morgan fingerprint density at radius 2 is 1.68 bits per heavy atom. The summed E-state index contributed by atoms with van der Waals surface area (Å²) in [5.74, 6) is -0.150. The first-order valence-electron chi connectivity index (χ1n) is 17.2. The van der Waals surface area contributed by atoms with Crippen molar-refractivity contribution in [2.45, 2.75) is 69.4 Å². The van der Waals surface area contributed by atoms with Crippen molar-refractivity contribution in [3.8, 4) is 11.5 Å². The van der Waals surface area contributed by atoms with Crippen molar-refractivity contribution in [3.05, 3.63) is 77.9 Å². The fourth-order valence-corrected chi connectivity index (χ4v) is 6.96. The fraction of sp³-hybridized carbons (Fsp3) is 0.459. The van der Waals surface area contributed by atoms with Gasteiger partial charge in [0.05, 0.1) is 48.0 Å². The highest BCUT2D eigenvalue weighted by Gasteiger charge is 2.33. The third kappa shape index (κ3) is 11.1. The smallest absolute Gasteiger partial charge is 0.416 e. The molecule has 3 aromatic carbocycles. The summed E-state index contributed by atoms with van der Waals surface area (Å²) in [5.41, 5.74) is -0.430. The number of fused-ring (bicyclic) bond motifs is 1. The molecule has 16 heteroatoms. The number of nitrogens with one attached hydrogen (secondary N) is 2. The number of ether oxygens (including phenoxy) is 3. The predicted octanol–water partition coefficient (Wildman–Crippen LogP) is 6.47. The Morgan fingerprint density at radius 1 is 1.04 bits per heavy atom. The second-order valence-corrected chi connectivity index (χ2v) is 15.2. The van der Waals surface area contributed by atoms with E-state index in [9.17, 15) is 36.3 Å². The summed E-state index contributed by atoms with van der Waals surface area (Å²) < 4.78 is 84.8. The molecule has 0 saturated heterocycles. The molecule has 0 fully saturated rings. The van der Waals surface area contributed by atoms with E-state index in [0.717, 1.165) is 30.7 Å². The van der Waals surface area contributed by atoms with Gasteiger partial charge in [-0.25, -0.2) is 13.2 Å². The summed E-state index contributed by atoms with van der Waals surface area (Å²) in [5, 5.41) is 15.3. The number of aliphatic hydroxyl groups is 1. The zero-order valence-corrected chi connectivity index (χ0v) is 31.2. The fourth-order valence-electron chi connectivity index (χ4n) is 5.78. The average molecular weight is 765 g/mol. The van der Waals surface area contributed by atoms with Crippen molar-refractivity contribution in [2.24, 2.45) is 5.92 Å². The molecule has 0 aromatic heterocycles. The summed E-state index contributed by atoms with van der Waals surface area (Å²) in [6, 6.07) is 13.1. The summed E-state index contributed by atoms with van der Waals surface area (Å²) >= 11 is 0. The van der Waals surface area contributed by atoms with Gasteiger partial charge in [-0.2, -0.15) is 17.5 Å². The Labute approximate surface area is 308 Å². The van der Waals surface area contributed by atoms with Crippen LogP contribution in [-0.4, -0.2) is 93.4 Å². The van der Waals surface area contributed by atoms with Crippen molar-refractivity contribution in [3.63, 3.8) is 0 Å². The number of rotatable bonds is 9. The predicted molar refractivity (Wildman–Crippen MR) is 194 cm³/mol. The Hall–Kier alpha value is -4.38. The molecular formula is C37H47F3N4O8S. The summed E-state index contributed by atoms with van der Waals surface area (Å²) in [7, 11) is -0.947. The maximum absolute atomic E-state index is 14.4. The van der Waals surface area contributed by atoms with E-state index < -0.39 is 51.8 Å². The van der Waals surface area contributed by atoms with Gasteiger partial charge in [0.1, 0.15) is 11.5 Å². The van der Waals surface area contributed by atoms with Gasteiger partial charge in [-0.05, 0) is 99.8 Å². The molecule has 0 unspecified atom stereocenters. The number of hydrogen-bond acceptors (Lipinski definition) is 8. The number of likely N-dealkylation sites (N-methyl/N-ethyl adjacent to an activating group) is 1. The van der Waals surface area contributed by atoms with Gasteiger partial charge in [-0.1, -0.05) is 6.92 Å². The van der Waals surface area contributed by atoms with Crippen LogP contribution in [0.15, 0.2) is 71.6 Å². The van der Waals surface area contributed by atoms with Gasteiger partial charge in [0.2, 0.25) is 10.0 Å². The lowest BCUT2D eigenvalue weighted by atomic mass is 10.0. The third-order valence-electron chi connectivity index (χ3n) is 8.98. The van der Waals surface area contributed by atoms with E-state index in [1.54, 1.807) is 31.2 Å². The summed E-state index contributed by atoms with van der Waals surface area (Å²) in [6.45, 7) is 5.41. The number of methoxy groups -OCH3 is 1. The van der Waals surface area contributed by atoms with Crippen LogP contribution in [0.4, 0.5) is 29.3 Å². The van der Waals surface area contributed by atoms with Gasteiger partial charge < -0.3 is 34.9 Å². The first-order chi connectivity index (χ1) is 25.0. The number of benzene rings is 3. The Bertz CT molecular complexity index is 1790. The molecule has 53 heavy (non-hydrogen) atoms. The molecule has 0 bridgehead atoms. The minimum atomic E-state index is -4.52. The number of carbonyl (C=O) groups excluding carboxylic acids is 2. The largest absolute Gasteiger partial charge is 0.497 e. The topological polar surface area (TPSA) is 147 Å². The summed E-state index contributed by atoms with van der Waals surface area (Å²) in [4.78, 5) is 28.8. The van der Waals surface area contributed by atoms with E-state index in [0.29, 0.717) is 25.2 Å². The molecule has 0 spiro atoms.